The van der Waals surface area contributed by atoms with Gasteiger partial charge in [-0.1, -0.05) is 39.0 Å². The molecule has 0 radical (unpaired) electrons. The first-order valence-corrected chi connectivity index (χ1v) is 7.37. The smallest absolute Gasteiger partial charge is 0.132 e. The van der Waals surface area contributed by atoms with E-state index >= 15 is 0 Å². The molecule has 1 heterocycles. The number of aromatic nitrogens is 2. The molecule has 0 fully saturated rings. The van der Waals surface area contributed by atoms with Crippen LogP contribution in [0, 0.1) is 0 Å². The Bertz CT molecular complexity index is 545. The average Bonchev–Trinajstić information content (AvgIpc) is 2.93. The standard InChI is InChI=1S/C17H24N2O/c1-5-14(4)19-11-10-15(18-19)12-20-17-9-7-6-8-16(17)13(2)3/h6-11,13-14H,5,12H2,1-4H3. The molecule has 1 aromatic carbocycles. The lowest BCUT2D eigenvalue weighted by molar-refractivity contribution is 0.294. The largest absolute Gasteiger partial charge is 0.487 e. The Labute approximate surface area is 121 Å². The van der Waals surface area contributed by atoms with Gasteiger partial charge in [0.25, 0.3) is 0 Å². The van der Waals surface area contributed by atoms with Crippen molar-refractivity contribution in [2.45, 2.75) is 52.7 Å². The summed E-state index contributed by atoms with van der Waals surface area (Å²) in [7, 11) is 0. The van der Waals surface area contributed by atoms with Crippen LogP contribution in [0.2, 0.25) is 0 Å². The van der Waals surface area contributed by atoms with Crippen LogP contribution in [0.3, 0.4) is 0 Å². The van der Waals surface area contributed by atoms with Crippen molar-refractivity contribution in [3.05, 3.63) is 47.8 Å². The summed E-state index contributed by atoms with van der Waals surface area (Å²) < 4.78 is 7.94. The summed E-state index contributed by atoms with van der Waals surface area (Å²) in [5, 5.41) is 4.56. The predicted octanol–water partition coefficient (Wildman–Crippen LogP) is 4.56. The summed E-state index contributed by atoms with van der Waals surface area (Å²) in [6.45, 7) is 9.22. The van der Waals surface area contributed by atoms with Crippen molar-refractivity contribution >= 4 is 0 Å². The van der Waals surface area contributed by atoms with Crippen LogP contribution in [-0.4, -0.2) is 9.78 Å². The molecule has 3 nitrogen and oxygen atoms in total. The van der Waals surface area contributed by atoms with Crippen LogP contribution in [0.5, 0.6) is 5.75 Å². The first-order chi connectivity index (χ1) is 9.61. The van der Waals surface area contributed by atoms with Crippen molar-refractivity contribution < 1.29 is 4.74 Å². The number of rotatable bonds is 6. The summed E-state index contributed by atoms with van der Waals surface area (Å²) in [5.74, 6) is 1.42. The molecule has 0 N–H and O–H groups in total. The van der Waals surface area contributed by atoms with Gasteiger partial charge in [0.15, 0.2) is 0 Å². The summed E-state index contributed by atoms with van der Waals surface area (Å²) >= 11 is 0. The SMILES string of the molecule is CCC(C)n1ccc(COc2ccccc2C(C)C)n1. The third-order valence-electron chi connectivity index (χ3n) is 3.62. The maximum atomic E-state index is 5.94. The lowest BCUT2D eigenvalue weighted by atomic mass is 10.0. The van der Waals surface area contributed by atoms with E-state index in [0.717, 1.165) is 17.9 Å². The van der Waals surface area contributed by atoms with Gasteiger partial charge in [0.05, 0.1) is 5.69 Å². The normalized spacial score (nSPS) is 12.7. The van der Waals surface area contributed by atoms with Gasteiger partial charge >= 0.3 is 0 Å². The fraction of sp³-hybridized carbons (Fsp3) is 0.471. The summed E-state index contributed by atoms with van der Waals surface area (Å²) in [6.07, 6.45) is 3.11. The molecule has 0 saturated carbocycles. The molecule has 0 saturated heterocycles. The Morgan fingerprint density at radius 3 is 2.60 bits per heavy atom. The minimum absolute atomic E-state index is 0.437. The zero-order chi connectivity index (χ0) is 14.5. The monoisotopic (exact) mass is 272 g/mol. The average molecular weight is 272 g/mol. The molecule has 0 aliphatic carbocycles. The van der Waals surface area contributed by atoms with E-state index in [1.807, 2.05) is 29.1 Å². The second-order valence-electron chi connectivity index (χ2n) is 5.53. The van der Waals surface area contributed by atoms with E-state index in [4.69, 9.17) is 4.74 Å². The van der Waals surface area contributed by atoms with Crippen molar-refractivity contribution in [2.75, 3.05) is 0 Å². The molecule has 0 amide bonds. The molecular weight excluding hydrogens is 248 g/mol. The number of hydrogen-bond acceptors (Lipinski definition) is 2. The van der Waals surface area contributed by atoms with E-state index in [-0.39, 0.29) is 0 Å². The van der Waals surface area contributed by atoms with E-state index < -0.39 is 0 Å². The molecule has 2 aromatic rings. The third-order valence-corrected chi connectivity index (χ3v) is 3.62. The van der Waals surface area contributed by atoms with Gasteiger partial charge in [-0.15, -0.1) is 0 Å². The molecule has 1 aromatic heterocycles. The zero-order valence-electron chi connectivity index (χ0n) is 12.8. The van der Waals surface area contributed by atoms with Gasteiger partial charge in [0.1, 0.15) is 12.4 Å². The number of ether oxygens (including phenoxy) is 1. The summed E-state index contributed by atoms with van der Waals surface area (Å²) in [5.41, 5.74) is 2.22. The quantitative estimate of drug-likeness (QED) is 0.771. The second kappa shape index (κ2) is 6.60. The second-order valence-corrected chi connectivity index (χ2v) is 5.53. The van der Waals surface area contributed by atoms with Crippen molar-refractivity contribution in [1.82, 2.24) is 9.78 Å². The molecule has 0 aliphatic heterocycles. The molecule has 0 spiro atoms. The highest BCUT2D eigenvalue weighted by Gasteiger charge is 2.09. The maximum absolute atomic E-state index is 5.94. The number of benzene rings is 1. The van der Waals surface area contributed by atoms with Crippen LogP contribution in [0.1, 0.15) is 57.3 Å². The van der Waals surface area contributed by atoms with E-state index in [0.29, 0.717) is 18.6 Å². The predicted molar refractivity (Wildman–Crippen MR) is 82.1 cm³/mol. The molecule has 108 valence electrons. The van der Waals surface area contributed by atoms with E-state index in [9.17, 15) is 0 Å². The summed E-state index contributed by atoms with van der Waals surface area (Å²) in [6, 6.07) is 10.7. The first-order valence-electron chi connectivity index (χ1n) is 7.37. The van der Waals surface area contributed by atoms with Crippen LogP contribution in [0.25, 0.3) is 0 Å². The number of hydrogen-bond donors (Lipinski definition) is 0. The highest BCUT2D eigenvalue weighted by atomic mass is 16.5. The van der Waals surface area contributed by atoms with Crippen LogP contribution in [0.4, 0.5) is 0 Å². The minimum Gasteiger partial charge on any atom is -0.487 e. The molecule has 1 atom stereocenters. The van der Waals surface area contributed by atoms with Crippen LogP contribution >= 0.6 is 0 Å². The van der Waals surface area contributed by atoms with Crippen molar-refractivity contribution in [3.8, 4) is 5.75 Å². The number of nitrogens with zero attached hydrogens (tertiary/aromatic N) is 2. The Kier molecular flexibility index (Phi) is 4.83. The lowest BCUT2D eigenvalue weighted by Gasteiger charge is -2.13. The van der Waals surface area contributed by atoms with Crippen LogP contribution in [0.15, 0.2) is 36.5 Å². The van der Waals surface area contributed by atoms with Gasteiger partial charge in [-0.3, -0.25) is 4.68 Å². The summed E-state index contributed by atoms with van der Waals surface area (Å²) in [4.78, 5) is 0. The molecule has 3 heteroatoms. The molecule has 20 heavy (non-hydrogen) atoms. The van der Waals surface area contributed by atoms with Crippen molar-refractivity contribution in [1.29, 1.82) is 0 Å². The Morgan fingerprint density at radius 2 is 1.90 bits per heavy atom. The van der Waals surface area contributed by atoms with Crippen molar-refractivity contribution in [3.63, 3.8) is 0 Å². The van der Waals surface area contributed by atoms with Gasteiger partial charge in [-0.05, 0) is 37.0 Å². The van der Waals surface area contributed by atoms with Gasteiger partial charge in [-0.25, -0.2) is 0 Å². The molecule has 0 bridgehead atoms. The maximum Gasteiger partial charge on any atom is 0.132 e. The van der Waals surface area contributed by atoms with Gasteiger partial charge < -0.3 is 4.74 Å². The lowest BCUT2D eigenvalue weighted by Crippen LogP contribution is -2.06. The third kappa shape index (κ3) is 3.41. The Morgan fingerprint density at radius 1 is 1.15 bits per heavy atom. The topological polar surface area (TPSA) is 27.1 Å². The molecular formula is C17H24N2O. The van der Waals surface area contributed by atoms with E-state index in [1.165, 1.54) is 5.56 Å². The highest BCUT2D eigenvalue weighted by molar-refractivity contribution is 5.35. The Hall–Kier alpha value is -1.77. The van der Waals surface area contributed by atoms with Gasteiger partial charge in [-0.2, -0.15) is 5.10 Å². The fourth-order valence-electron chi connectivity index (χ4n) is 2.13. The zero-order valence-corrected chi connectivity index (χ0v) is 12.8. The van der Waals surface area contributed by atoms with Gasteiger partial charge in [0, 0.05) is 12.2 Å². The highest BCUT2D eigenvalue weighted by Crippen LogP contribution is 2.26. The fourth-order valence-corrected chi connectivity index (χ4v) is 2.13. The Balaban J connectivity index is 2.04. The molecule has 2 rings (SSSR count). The van der Waals surface area contributed by atoms with Crippen LogP contribution < -0.4 is 4.74 Å². The molecule has 0 aliphatic rings. The van der Waals surface area contributed by atoms with E-state index in [2.05, 4.69) is 44.9 Å². The first kappa shape index (κ1) is 14.6. The van der Waals surface area contributed by atoms with Crippen LogP contribution in [-0.2, 0) is 6.61 Å². The molecule has 1 unspecified atom stereocenters. The minimum atomic E-state index is 0.437. The van der Waals surface area contributed by atoms with Gasteiger partial charge in [0.2, 0.25) is 0 Å². The van der Waals surface area contributed by atoms with E-state index in [1.54, 1.807) is 0 Å². The number of para-hydroxylation sites is 1. The van der Waals surface area contributed by atoms with Crippen molar-refractivity contribution in [2.24, 2.45) is 0 Å².